The van der Waals surface area contributed by atoms with Crippen molar-refractivity contribution in [3.63, 3.8) is 0 Å². The van der Waals surface area contributed by atoms with Crippen LogP contribution in [0.3, 0.4) is 0 Å². The van der Waals surface area contributed by atoms with Crippen LogP contribution in [0, 0.1) is 13.8 Å². The summed E-state index contributed by atoms with van der Waals surface area (Å²) in [6.45, 7) is 6.22. The lowest BCUT2D eigenvalue weighted by molar-refractivity contribution is 0.355. The molecule has 32 heavy (non-hydrogen) atoms. The number of anilines is 2. The first-order valence-corrected chi connectivity index (χ1v) is 11.0. The van der Waals surface area contributed by atoms with Crippen LogP contribution in [0.5, 0.6) is 11.5 Å². The predicted molar refractivity (Wildman–Crippen MR) is 129 cm³/mol. The van der Waals surface area contributed by atoms with Gasteiger partial charge in [0.15, 0.2) is 17.1 Å². The van der Waals surface area contributed by atoms with E-state index in [4.69, 9.17) is 19.6 Å². The first kappa shape index (κ1) is 21.7. The molecule has 0 unspecified atom stereocenters. The number of hydrogen-bond acceptors (Lipinski definition) is 5. The Kier molecular flexibility index (Phi) is 6.30. The van der Waals surface area contributed by atoms with Gasteiger partial charge in [0, 0.05) is 23.0 Å². The molecule has 0 saturated carbocycles. The van der Waals surface area contributed by atoms with Gasteiger partial charge in [-0.15, -0.1) is 0 Å². The van der Waals surface area contributed by atoms with Crippen molar-refractivity contribution in [1.82, 2.24) is 14.6 Å². The van der Waals surface area contributed by atoms with Crippen LogP contribution in [0.25, 0.3) is 16.8 Å². The highest BCUT2D eigenvalue weighted by Crippen LogP contribution is 2.36. The van der Waals surface area contributed by atoms with Crippen LogP contribution >= 0.6 is 0 Å². The molecular weight excluding hydrogens is 400 g/mol. The number of nitrogens with zero attached hydrogens (tertiary/aromatic N) is 3. The lowest BCUT2D eigenvalue weighted by Gasteiger charge is -2.11. The molecule has 4 rings (SSSR count). The van der Waals surface area contributed by atoms with E-state index in [0.29, 0.717) is 11.5 Å². The quantitative estimate of drug-likeness (QED) is 0.365. The van der Waals surface area contributed by atoms with E-state index in [2.05, 4.69) is 36.5 Å². The Morgan fingerprint density at radius 3 is 2.38 bits per heavy atom. The third kappa shape index (κ3) is 4.26. The zero-order valence-electron chi connectivity index (χ0n) is 19.4. The molecule has 0 aliphatic carbocycles. The van der Waals surface area contributed by atoms with Crippen molar-refractivity contribution in [1.29, 1.82) is 0 Å². The third-order valence-corrected chi connectivity index (χ3v) is 5.61. The zero-order chi connectivity index (χ0) is 22.7. The number of hydrogen-bond donors (Lipinski definition) is 1. The fourth-order valence-corrected chi connectivity index (χ4v) is 3.95. The van der Waals surface area contributed by atoms with Gasteiger partial charge in [0.25, 0.3) is 0 Å². The standard InChI is InChI=1S/C26H30N4O2/c1-6-7-8-19-9-12-21(13-10-19)28-24-15-17(2)27-26-25(18(3)29-30(24)26)20-11-14-22(31-4)23(16-20)32-5/h9-16,28H,6-8H2,1-5H3. The summed E-state index contributed by atoms with van der Waals surface area (Å²) in [5.74, 6) is 2.25. The molecule has 2 aromatic carbocycles. The molecule has 1 N–H and O–H groups in total. The Morgan fingerprint density at radius 2 is 1.69 bits per heavy atom. The van der Waals surface area contributed by atoms with Gasteiger partial charge in [-0.1, -0.05) is 31.5 Å². The van der Waals surface area contributed by atoms with Gasteiger partial charge in [-0.05, 0) is 62.1 Å². The van der Waals surface area contributed by atoms with Crippen molar-refractivity contribution in [2.75, 3.05) is 19.5 Å². The monoisotopic (exact) mass is 430 g/mol. The van der Waals surface area contributed by atoms with Crippen LogP contribution in [-0.4, -0.2) is 28.8 Å². The molecule has 0 aliphatic heterocycles. The number of fused-ring (bicyclic) bond motifs is 1. The highest BCUT2D eigenvalue weighted by Gasteiger charge is 2.18. The molecule has 0 radical (unpaired) electrons. The predicted octanol–water partition coefficient (Wildman–Crippen LogP) is 6.12. The van der Waals surface area contributed by atoms with Crippen molar-refractivity contribution in [3.8, 4) is 22.6 Å². The van der Waals surface area contributed by atoms with Gasteiger partial charge < -0.3 is 14.8 Å². The zero-order valence-corrected chi connectivity index (χ0v) is 19.4. The van der Waals surface area contributed by atoms with Gasteiger partial charge in [-0.3, -0.25) is 0 Å². The number of unbranched alkanes of at least 4 members (excludes halogenated alkanes) is 1. The topological polar surface area (TPSA) is 60.7 Å². The fraction of sp³-hybridized carbons (Fsp3) is 0.308. The minimum Gasteiger partial charge on any atom is -0.493 e. The number of nitrogens with one attached hydrogen (secondary N) is 1. The third-order valence-electron chi connectivity index (χ3n) is 5.61. The molecule has 0 saturated heterocycles. The summed E-state index contributed by atoms with van der Waals surface area (Å²) in [5, 5.41) is 8.32. The largest absolute Gasteiger partial charge is 0.493 e. The Balaban J connectivity index is 1.74. The molecule has 0 aliphatic rings. The second-order valence-electron chi connectivity index (χ2n) is 7.97. The molecule has 0 spiro atoms. The summed E-state index contributed by atoms with van der Waals surface area (Å²) in [6, 6.07) is 16.5. The average Bonchev–Trinajstić information content (AvgIpc) is 3.13. The molecule has 4 aromatic rings. The number of benzene rings is 2. The van der Waals surface area contributed by atoms with Gasteiger partial charge >= 0.3 is 0 Å². The maximum absolute atomic E-state index is 5.50. The van der Waals surface area contributed by atoms with Gasteiger partial charge in [-0.25, -0.2) is 4.98 Å². The maximum atomic E-state index is 5.50. The van der Waals surface area contributed by atoms with E-state index in [1.54, 1.807) is 14.2 Å². The average molecular weight is 431 g/mol. The summed E-state index contributed by atoms with van der Waals surface area (Å²) in [7, 11) is 3.28. The van der Waals surface area contributed by atoms with E-state index in [1.165, 1.54) is 18.4 Å². The molecule has 6 heteroatoms. The van der Waals surface area contributed by atoms with Gasteiger partial charge in [0.1, 0.15) is 5.82 Å². The summed E-state index contributed by atoms with van der Waals surface area (Å²) in [5.41, 5.74) is 6.97. The Bertz CT molecular complexity index is 1230. The molecule has 0 bridgehead atoms. The van der Waals surface area contributed by atoms with Crippen LogP contribution in [0.2, 0.25) is 0 Å². The van der Waals surface area contributed by atoms with E-state index in [1.807, 2.05) is 42.6 Å². The van der Waals surface area contributed by atoms with E-state index < -0.39 is 0 Å². The highest BCUT2D eigenvalue weighted by atomic mass is 16.5. The molecule has 0 amide bonds. The number of methoxy groups -OCH3 is 2. The van der Waals surface area contributed by atoms with E-state index in [0.717, 1.165) is 46.1 Å². The first-order chi connectivity index (χ1) is 15.5. The van der Waals surface area contributed by atoms with Gasteiger partial charge in [0.2, 0.25) is 0 Å². The summed E-state index contributed by atoms with van der Waals surface area (Å²) in [4.78, 5) is 4.81. The normalized spacial score (nSPS) is 11.0. The minimum atomic E-state index is 0.679. The van der Waals surface area contributed by atoms with Crippen LogP contribution in [0.4, 0.5) is 11.5 Å². The van der Waals surface area contributed by atoms with E-state index in [9.17, 15) is 0 Å². The summed E-state index contributed by atoms with van der Waals surface area (Å²) >= 11 is 0. The Labute approximate surface area is 189 Å². The Morgan fingerprint density at radius 1 is 0.938 bits per heavy atom. The molecule has 0 fully saturated rings. The molecule has 166 valence electrons. The molecule has 2 aromatic heterocycles. The lowest BCUT2D eigenvalue weighted by Crippen LogP contribution is -2.02. The van der Waals surface area contributed by atoms with Crippen molar-refractivity contribution < 1.29 is 9.47 Å². The van der Waals surface area contributed by atoms with Crippen LogP contribution in [0.1, 0.15) is 36.7 Å². The second kappa shape index (κ2) is 9.30. The summed E-state index contributed by atoms with van der Waals surface area (Å²) < 4.78 is 12.8. The van der Waals surface area contributed by atoms with Crippen molar-refractivity contribution in [2.45, 2.75) is 40.0 Å². The number of rotatable bonds is 8. The van der Waals surface area contributed by atoms with Crippen LogP contribution in [-0.2, 0) is 6.42 Å². The molecule has 0 atom stereocenters. The lowest BCUT2D eigenvalue weighted by atomic mass is 10.1. The van der Waals surface area contributed by atoms with Crippen molar-refractivity contribution in [2.24, 2.45) is 0 Å². The SMILES string of the molecule is CCCCc1ccc(Nc2cc(C)nc3c(-c4ccc(OC)c(OC)c4)c(C)nn23)cc1. The number of ether oxygens (including phenoxy) is 2. The number of aryl methyl sites for hydroxylation is 3. The first-order valence-electron chi connectivity index (χ1n) is 11.0. The van der Waals surface area contributed by atoms with E-state index in [-0.39, 0.29) is 0 Å². The molecular formula is C26H30N4O2. The second-order valence-corrected chi connectivity index (χ2v) is 7.97. The fourth-order valence-electron chi connectivity index (χ4n) is 3.95. The van der Waals surface area contributed by atoms with Crippen LogP contribution < -0.4 is 14.8 Å². The molecule has 6 nitrogen and oxygen atoms in total. The van der Waals surface area contributed by atoms with Crippen molar-refractivity contribution >= 4 is 17.2 Å². The van der Waals surface area contributed by atoms with Gasteiger partial charge in [-0.2, -0.15) is 9.61 Å². The maximum Gasteiger partial charge on any atom is 0.165 e. The smallest absolute Gasteiger partial charge is 0.165 e. The van der Waals surface area contributed by atoms with E-state index >= 15 is 0 Å². The number of aromatic nitrogens is 3. The highest BCUT2D eigenvalue weighted by molar-refractivity contribution is 5.82. The van der Waals surface area contributed by atoms with Gasteiger partial charge in [0.05, 0.1) is 19.9 Å². The van der Waals surface area contributed by atoms with Crippen molar-refractivity contribution in [3.05, 3.63) is 65.5 Å². The van der Waals surface area contributed by atoms with Crippen LogP contribution in [0.15, 0.2) is 48.5 Å². The Hall–Kier alpha value is -3.54. The minimum absolute atomic E-state index is 0.679. The molecule has 2 heterocycles. The summed E-state index contributed by atoms with van der Waals surface area (Å²) in [6.07, 6.45) is 3.53.